The van der Waals surface area contributed by atoms with Crippen LogP contribution in [0.3, 0.4) is 0 Å². The van der Waals surface area contributed by atoms with Crippen LogP contribution in [0.4, 0.5) is 0 Å². The van der Waals surface area contributed by atoms with Crippen molar-refractivity contribution >= 4 is 41.0 Å². The van der Waals surface area contributed by atoms with Crippen molar-refractivity contribution < 1.29 is 19.1 Å². The topological polar surface area (TPSA) is 106 Å². The molecule has 1 aromatic carbocycles. The Balaban J connectivity index is 1.42. The number of fused-ring (bicyclic) bond motifs is 1. The van der Waals surface area contributed by atoms with Crippen molar-refractivity contribution in [3.8, 4) is 0 Å². The summed E-state index contributed by atoms with van der Waals surface area (Å²) in [4.78, 5) is 38.6. The second kappa shape index (κ2) is 9.46. The Kier molecular flexibility index (Phi) is 6.66. The molecule has 1 N–H and O–H groups in total. The third-order valence-corrected chi connectivity index (χ3v) is 6.54. The Morgan fingerprint density at radius 2 is 1.91 bits per heavy atom. The molecule has 1 fully saturated rings. The van der Waals surface area contributed by atoms with Gasteiger partial charge in [-0.05, 0) is 37.5 Å². The summed E-state index contributed by atoms with van der Waals surface area (Å²) < 4.78 is 6.47. The number of carbonyl (C=O) groups excluding carboxylic acids is 3. The zero-order chi connectivity index (χ0) is 22.8. The number of benzene rings is 1. The molecule has 1 aromatic heterocycles. The fraction of sp³-hybridized carbons (Fsp3) is 0.476. The van der Waals surface area contributed by atoms with Crippen molar-refractivity contribution in [2.75, 3.05) is 26.7 Å². The van der Waals surface area contributed by atoms with Crippen molar-refractivity contribution in [1.82, 2.24) is 25.0 Å². The van der Waals surface area contributed by atoms with Crippen molar-refractivity contribution in [1.29, 1.82) is 0 Å². The summed E-state index contributed by atoms with van der Waals surface area (Å²) in [5.41, 5.74) is 0.431. The number of methoxy groups -OCH3 is 1. The lowest BCUT2D eigenvalue weighted by atomic mass is 9.95. The SMILES string of the molecule is COC(=O)CNC(=O)C1CCc2nnc(C3CCN(C(=O)c4ccc(Cl)cc4Cl)CC3)n21. The summed E-state index contributed by atoms with van der Waals surface area (Å²) in [6, 6.07) is 4.40. The largest absolute Gasteiger partial charge is 0.468 e. The molecule has 32 heavy (non-hydrogen) atoms. The zero-order valence-corrected chi connectivity index (χ0v) is 19.0. The van der Waals surface area contributed by atoms with Gasteiger partial charge in [-0.1, -0.05) is 23.2 Å². The average molecular weight is 480 g/mol. The van der Waals surface area contributed by atoms with Gasteiger partial charge >= 0.3 is 5.97 Å². The highest BCUT2D eigenvalue weighted by molar-refractivity contribution is 6.36. The molecule has 9 nitrogen and oxygen atoms in total. The summed E-state index contributed by atoms with van der Waals surface area (Å²) in [5.74, 6) is 0.724. The molecule has 2 amide bonds. The minimum absolute atomic E-state index is 0.0787. The van der Waals surface area contributed by atoms with Gasteiger partial charge in [-0.15, -0.1) is 10.2 Å². The maximum atomic E-state index is 12.9. The van der Waals surface area contributed by atoms with E-state index in [1.807, 2.05) is 4.57 Å². The standard InChI is InChI=1S/C21H23Cl2N5O4/c1-32-18(29)11-24-20(30)16-4-5-17-25-26-19(28(16)17)12-6-8-27(9-7-12)21(31)14-3-2-13(22)10-15(14)23/h2-3,10,12,16H,4-9,11H2,1H3,(H,24,30). The number of nitrogens with one attached hydrogen (secondary N) is 1. The average Bonchev–Trinajstić information content (AvgIpc) is 3.39. The summed E-state index contributed by atoms with van der Waals surface area (Å²) in [6.07, 6.45) is 2.66. The normalized spacial score (nSPS) is 18.3. The van der Waals surface area contributed by atoms with Crippen LogP contribution in [0.2, 0.25) is 10.0 Å². The Hall–Kier alpha value is -2.65. The third-order valence-electron chi connectivity index (χ3n) is 5.99. The minimum atomic E-state index is -0.502. The summed E-state index contributed by atoms with van der Waals surface area (Å²) in [5, 5.41) is 12.1. The first kappa shape index (κ1) is 22.5. The molecule has 1 unspecified atom stereocenters. The van der Waals surface area contributed by atoms with Crippen LogP contribution < -0.4 is 5.32 Å². The van der Waals surface area contributed by atoms with E-state index >= 15 is 0 Å². The summed E-state index contributed by atoms with van der Waals surface area (Å²) in [7, 11) is 1.28. The number of nitrogens with zero attached hydrogens (tertiary/aromatic N) is 4. The Morgan fingerprint density at radius 3 is 2.59 bits per heavy atom. The number of rotatable bonds is 5. The van der Waals surface area contributed by atoms with Crippen LogP contribution >= 0.6 is 23.2 Å². The Bertz CT molecular complexity index is 1050. The molecule has 2 aliphatic rings. The van der Waals surface area contributed by atoms with E-state index in [9.17, 15) is 14.4 Å². The van der Waals surface area contributed by atoms with Crippen molar-refractivity contribution in [2.45, 2.75) is 37.6 Å². The molecule has 4 rings (SSSR count). The molecule has 0 bridgehead atoms. The first-order valence-electron chi connectivity index (χ1n) is 10.4. The maximum Gasteiger partial charge on any atom is 0.325 e. The van der Waals surface area contributed by atoms with E-state index in [2.05, 4.69) is 20.3 Å². The van der Waals surface area contributed by atoms with Crippen LogP contribution in [0, 0.1) is 0 Å². The van der Waals surface area contributed by atoms with E-state index in [0.29, 0.717) is 54.4 Å². The molecule has 3 heterocycles. The first-order valence-corrected chi connectivity index (χ1v) is 11.2. The van der Waals surface area contributed by atoms with E-state index in [-0.39, 0.29) is 24.3 Å². The Labute approximate surface area is 195 Å². The number of amides is 2. The van der Waals surface area contributed by atoms with E-state index in [1.165, 1.54) is 7.11 Å². The predicted molar refractivity (Wildman–Crippen MR) is 117 cm³/mol. The quantitative estimate of drug-likeness (QED) is 0.659. The molecule has 1 atom stereocenters. The first-order chi connectivity index (χ1) is 15.4. The highest BCUT2D eigenvalue weighted by Gasteiger charge is 2.36. The highest BCUT2D eigenvalue weighted by Crippen LogP contribution is 2.34. The van der Waals surface area contributed by atoms with Gasteiger partial charge in [-0.3, -0.25) is 14.4 Å². The second-order valence-electron chi connectivity index (χ2n) is 7.88. The van der Waals surface area contributed by atoms with Gasteiger partial charge in [0.05, 0.1) is 17.7 Å². The number of aryl methyl sites for hydroxylation is 1. The van der Waals surface area contributed by atoms with Crippen molar-refractivity contribution in [2.24, 2.45) is 0 Å². The molecule has 2 aromatic rings. The van der Waals surface area contributed by atoms with Crippen LogP contribution in [-0.4, -0.2) is 64.2 Å². The van der Waals surface area contributed by atoms with Crippen LogP contribution in [0.1, 0.15) is 53.2 Å². The predicted octanol–water partition coefficient (Wildman–Crippen LogP) is 2.38. The van der Waals surface area contributed by atoms with Crippen LogP contribution in [0.5, 0.6) is 0 Å². The van der Waals surface area contributed by atoms with Crippen LogP contribution in [0.25, 0.3) is 0 Å². The molecule has 0 spiro atoms. The van der Waals surface area contributed by atoms with Crippen LogP contribution in [0.15, 0.2) is 18.2 Å². The van der Waals surface area contributed by atoms with E-state index < -0.39 is 12.0 Å². The number of carbonyl (C=O) groups is 3. The number of ether oxygens (including phenoxy) is 1. The molecule has 2 aliphatic heterocycles. The maximum absolute atomic E-state index is 12.9. The van der Waals surface area contributed by atoms with E-state index in [1.54, 1.807) is 23.1 Å². The lowest BCUT2D eigenvalue weighted by molar-refractivity contribution is -0.141. The molecule has 11 heteroatoms. The number of likely N-dealkylation sites (tertiary alicyclic amines) is 1. The van der Waals surface area contributed by atoms with Crippen molar-refractivity contribution in [3.05, 3.63) is 45.5 Å². The fourth-order valence-electron chi connectivity index (χ4n) is 4.29. The molecule has 0 saturated carbocycles. The third kappa shape index (κ3) is 4.45. The number of hydrogen-bond acceptors (Lipinski definition) is 6. The van der Waals surface area contributed by atoms with E-state index in [4.69, 9.17) is 23.2 Å². The van der Waals surface area contributed by atoms with Crippen LogP contribution in [-0.2, 0) is 20.7 Å². The van der Waals surface area contributed by atoms with Gasteiger partial charge in [0.15, 0.2) is 0 Å². The summed E-state index contributed by atoms with van der Waals surface area (Å²) >= 11 is 12.1. The summed E-state index contributed by atoms with van der Waals surface area (Å²) in [6.45, 7) is 0.917. The number of aromatic nitrogens is 3. The molecule has 170 valence electrons. The number of hydrogen-bond donors (Lipinski definition) is 1. The van der Waals surface area contributed by atoms with Gasteiger partial charge in [0, 0.05) is 30.5 Å². The monoisotopic (exact) mass is 479 g/mol. The van der Waals surface area contributed by atoms with Gasteiger partial charge in [-0.25, -0.2) is 0 Å². The van der Waals surface area contributed by atoms with Gasteiger partial charge in [0.2, 0.25) is 5.91 Å². The number of piperidine rings is 1. The highest BCUT2D eigenvalue weighted by atomic mass is 35.5. The smallest absolute Gasteiger partial charge is 0.325 e. The second-order valence-corrected chi connectivity index (χ2v) is 8.73. The molecule has 0 radical (unpaired) electrons. The lowest BCUT2D eigenvalue weighted by Crippen LogP contribution is -2.39. The zero-order valence-electron chi connectivity index (χ0n) is 17.5. The number of esters is 1. The molecule has 0 aliphatic carbocycles. The van der Waals surface area contributed by atoms with Crippen molar-refractivity contribution in [3.63, 3.8) is 0 Å². The van der Waals surface area contributed by atoms with Gasteiger partial charge in [0.25, 0.3) is 5.91 Å². The van der Waals surface area contributed by atoms with Gasteiger partial charge in [-0.2, -0.15) is 0 Å². The minimum Gasteiger partial charge on any atom is -0.468 e. The fourth-order valence-corrected chi connectivity index (χ4v) is 4.78. The Morgan fingerprint density at radius 1 is 1.16 bits per heavy atom. The molecular formula is C21H23Cl2N5O4. The van der Waals surface area contributed by atoms with E-state index in [0.717, 1.165) is 11.6 Å². The molecular weight excluding hydrogens is 457 g/mol. The number of halogens is 2. The van der Waals surface area contributed by atoms with Gasteiger partial charge < -0.3 is 19.5 Å². The van der Waals surface area contributed by atoms with Gasteiger partial charge in [0.1, 0.15) is 24.2 Å². The lowest BCUT2D eigenvalue weighted by Gasteiger charge is -2.32. The molecule has 1 saturated heterocycles.